The van der Waals surface area contributed by atoms with E-state index in [9.17, 15) is 15.0 Å². The van der Waals surface area contributed by atoms with Gasteiger partial charge in [-0.05, 0) is 33.5 Å². The monoisotopic (exact) mass is 705 g/mol. The number of amides is 1. The summed E-state index contributed by atoms with van der Waals surface area (Å²) in [6.45, 7) is 16.2. The Balaban J connectivity index is 1.97. The van der Waals surface area contributed by atoms with Crippen LogP contribution in [0.5, 0.6) is 0 Å². The molecular weight excluding hydrogens is 661 g/mol. The summed E-state index contributed by atoms with van der Waals surface area (Å²) in [4.78, 5) is 12.7. The fraction of sp³-hybridized carbons (Fsp3) is 0.581. The molecule has 1 aliphatic rings. The summed E-state index contributed by atoms with van der Waals surface area (Å²) in [5.74, 6) is 0. The molecular formula is C31H46Cl3NO7Si2. The zero-order valence-electron chi connectivity index (χ0n) is 26.6. The highest BCUT2D eigenvalue weighted by molar-refractivity contribution is 6.99. The van der Waals surface area contributed by atoms with Crippen LogP contribution in [0, 0.1) is 0 Å². The molecule has 5 atom stereocenters. The van der Waals surface area contributed by atoms with E-state index in [-0.39, 0.29) is 16.7 Å². The second-order valence-electron chi connectivity index (χ2n) is 13.7. The molecule has 1 heterocycles. The fourth-order valence-corrected chi connectivity index (χ4v) is 11.0. The molecule has 13 heteroatoms. The van der Waals surface area contributed by atoms with Crippen molar-refractivity contribution in [2.75, 3.05) is 13.2 Å². The Morgan fingerprint density at radius 1 is 0.864 bits per heavy atom. The van der Waals surface area contributed by atoms with Crippen LogP contribution in [-0.4, -0.2) is 80.6 Å². The number of carbonyl (C=O) groups excluding carboxylic acids is 1. The quantitative estimate of drug-likeness (QED) is 0.234. The van der Waals surface area contributed by atoms with E-state index in [1.165, 1.54) is 0 Å². The van der Waals surface area contributed by atoms with E-state index < -0.39 is 63.8 Å². The van der Waals surface area contributed by atoms with Gasteiger partial charge in [0.25, 0.3) is 8.32 Å². The van der Waals surface area contributed by atoms with Gasteiger partial charge in [0.2, 0.25) is 3.79 Å². The zero-order chi connectivity index (χ0) is 33.1. The number of hydrogen-bond donors (Lipinski definition) is 3. The first kappa shape index (κ1) is 37.3. The van der Waals surface area contributed by atoms with Crippen LogP contribution in [-0.2, 0) is 18.3 Å². The molecule has 3 N–H and O–H groups in total. The summed E-state index contributed by atoms with van der Waals surface area (Å²) >= 11 is 17.2. The average Bonchev–Trinajstić information content (AvgIpc) is 2.92. The lowest BCUT2D eigenvalue weighted by Crippen LogP contribution is -2.69. The summed E-state index contributed by atoms with van der Waals surface area (Å²) in [5.41, 5.74) is 0. The van der Waals surface area contributed by atoms with Gasteiger partial charge >= 0.3 is 6.09 Å². The number of hydrogen-bond acceptors (Lipinski definition) is 7. The van der Waals surface area contributed by atoms with Crippen LogP contribution in [0.4, 0.5) is 4.79 Å². The van der Waals surface area contributed by atoms with E-state index in [2.05, 4.69) is 71.1 Å². The van der Waals surface area contributed by atoms with Crippen LogP contribution in [0.2, 0.25) is 23.2 Å². The highest BCUT2D eigenvalue weighted by Crippen LogP contribution is 2.40. The van der Waals surface area contributed by atoms with Crippen LogP contribution in [0.1, 0.15) is 41.5 Å². The number of aliphatic hydroxyl groups excluding tert-OH is 2. The van der Waals surface area contributed by atoms with Crippen LogP contribution >= 0.6 is 34.8 Å². The molecule has 44 heavy (non-hydrogen) atoms. The van der Waals surface area contributed by atoms with Crippen molar-refractivity contribution < 1.29 is 33.3 Å². The van der Waals surface area contributed by atoms with Crippen molar-refractivity contribution in [1.82, 2.24) is 5.32 Å². The summed E-state index contributed by atoms with van der Waals surface area (Å²) in [6.07, 6.45) is -5.96. The third kappa shape index (κ3) is 8.79. The predicted octanol–water partition coefficient (Wildman–Crippen LogP) is 5.50. The normalized spacial score (nSPS) is 23.7. The number of aliphatic hydroxyl groups is 2. The number of rotatable bonds is 9. The van der Waals surface area contributed by atoms with Crippen molar-refractivity contribution in [2.24, 2.45) is 0 Å². The second kappa shape index (κ2) is 14.3. The van der Waals surface area contributed by atoms with Crippen LogP contribution < -0.4 is 15.7 Å². The number of halogens is 3. The maximum absolute atomic E-state index is 12.7. The van der Waals surface area contributed by atoms with Crippen molar-refractivity contribution in [2.45, 2.75) is 99.1 Å². The van der Waals surface area contributed by atoms with Gasteiger partial charge < -0.3 is 33.9 Å². The molecule has 1 fully saturated rings. The summed E-state index contributed by atoms with van der Waals surface area (Å²) in [6, 6.07) is 19.0. The minimum Gasteiger partial charge on any atom is -0.445 e. The second-order valence-corrected chi connectivity index (χ2v) is 25.3. The summed E-state index contributed by atoms with van der Waals surface area (Å²) in [7, 11) is -5.50. The molecule has 0 saturated carbocycles. The number of alkyl carbamates (subject to hydrolysis) is 1. The Morgan fingerprint density at radius 2 is 1.36 bits per heavy atom. The third-order valence-corrected chi connectivity index (χ3v) is 18.2. The SMILES string of the molecule is CC(C)(C)[Si](C)(C)O[C@@H]1O[C@H](CO[Si](c2ccccc2)(c2ccccc2)C(C)(C)C)[C@@H](O)[C@H](O)[C@H]1NC(=O)OCC(Cl)(Cl)Cl. The zero-order valence-corrected chi connectivity index (χ0v) is 30.9. The molecule has 0 bridgehead atoms. The van der Waals surface area contributed by atoms with E-state index in [1.807, 2.05) is 49.5 Å². The number of carbonyl (C=O) groups is 1. The largest absolute Gasteiger partial charge is 0.445 e. The Hall–Kier alpha value is -1.19. The number of alkyl halides is 3. The van der Waals surface area contributed by atoms with E-state index in [1.54, 1.807) is 0 Å². The summed E-state index contributed by atoms with van der Waals surface area (Å²) < 4.78 is 23.2. The lowest BCUT2D eigenvalue weighted by Gasteiger charge is -2.48. The molecule has 3 rings (SSSR count). The first-order valence-corrected chi connectivity index (χ1v) is 20.6. The van der Waals surface area contributed by atoms with Gasteiger partial charge in [-0.25, -0.2) is 4.79 Å². The van der Waals surface area contributed by atoms with Crippen LogP contribution in [0.15, 0.2) is 60.7 Å². The lowest BCUT2D eigenvalue weighted by molar-refractivity contribution is -0.246. The van der Waals surface area contributed by atoms with Gasteiger partial charge in [-0.1, -0.05) is 137 Å². The highest BCUT2D eigenvalue weighted by Gasteiger charge is 2.53. The maximum Gasteiger partial charge on any atom is 0.407 e. The van der Waals surface area contributed by atoms with Crippen molar-refractivity contribution in [3.8, 4) is 0 Å². The molecule has 8 nitrogen and oxygen atoms in total. The molecule has 1 aliphatic heterocycles. The smallest absolute Gasteiger partial charge is 0.407 e. The number of ether oxygens (including phenoxy) is 2. The highest BCUT2D eigenvalue weighted by atomic mass is 35.6. The van der Waals surface area contributed by atoms with Crippen molar-refractivity contribution in [3.63, 3.8) is 0 Å². The lowest BCUT2D eigenvalue weighted by atomic mass is 9.97. The summed E-state index contributed by atoms with van der Waals surface area (Å²) in [5, 5.41) is 26.9. The maximum atomic E-state index is 12.7. The van der Waals surface area contributed by atoms with Gasteiger partial charge in [0.05, 0.1) is 6.61 Å². The molecule has 0 unspecified atom stereocenters. The topological polar surface area (TPSA) is 106 Å². The molecule has 1 saturated heterocycles. The van der Waals surface area contributed by atoms with Crippen molar-refractivity contribution in [1.29, 1.82) is 0 Å². The average molecular weight is 707 g/mol. The molecule has 246 valence electrons. The Labute approximate surface area is 278 Å². The van der Waals surface area contributed by atoms with E-state index >= 15 is 0 Å². The van der Waals surface area contributed by atoms with Gasteiger partial charge in [0, 0.05) is 0 Å². The molecule has 0 aromatic heterocycles. The van der Waals surface area contributed by atoms with E-state index in [0.717, 1.165) is 10.4 Å². The van der Waals surface area contributed by atoms with Crippen molar-refractivity contribution >= 4 is 67.9 Å². The van der Waals surface area contributed by atoms with Gasteiger partial charge in [-0.3, -0.25) is 0 Å². The van der Waals surface area contributed by atoms with Gasteiger partial charge in [-0.15, -0.1) is 0 Å². The molecule has 0 radical (unpaired) electrons. The molecule has 2 aromatic carbocycles. The Bertz CT molecular complexity index is 1180. The predicted molar refractivity (Wildman–Crippen MR) is 181 cm³/mol. The standard InChI is InChI=1S/C31H46Cl3NO7Si2/c1-29(2,3)43(7,8)42-27-24(35-28(38)39-20-31(32,33)34)26(37)25(36)23(41-27)19-40-44(30(4,5)6,21-15-11-9-12-16-21)22-17-13-10-14-18-22/h9-18,23-27,36-37H,19-20H2,1-8H3,(H,35,38)/t23-,24-,25-,26-,27+/m1/s1. The molecule has 1 amide bonds. The molecule has 0 spiro atoms. The van der Waals surface area contributed by atoms with Gasteiger partial charge in [0.15, 0.2) is 14.6 Å². The van der Waals surface area contributed by atoms with Crippen LogP contribution in [0.3, 0.4) is 0 Å². The number of benzene rings is 2. The number of nitrogens with one attached hydrogen (secondary N) is 1. The van der Waals surface area contributed by atoms with Crippen molar-refractivity contribution in [3.05, 3.63) is 60.7 Å². The molecule has 0 aliphatic carbocycles. The minimum absolute atomic E-state index is 0.0344. The Kier molecular flexibility index (Phi) is 12.1. The van der Waals surface area contributed by atoms with E-state index in [0.29, 0.717) is 0 Å². The van der Waals surface area contributed by atoms with E-state index in [4.69, 9.17) is 53.1 Å². The fourth-order valence-electron chi connectivity index (χ4n) is 5.08. The minimum atomic E-state index is -2.99. The van der Waals surface area contributed by atoms with Crippen LogP contribution in [0.25, 0.3) is 0 Å². The van der Waals surface area contributed by atoms with Gasteiger partial charge in [0.1, 0.15) is 31.0 Å². The first-order valence-electron chi connectivity index (χ1n) is 14.6. The van der Waals surface area contributed by atoms with Gasteiger partial charge in [-0.2, -0.15) is 0 Å². The first-order chi connectivity index (χ1) is 20.2. The Morgan fingerprint density at radius 3 is 1.80 bits per heavy atom. The third-order valence-electron chi connectivity index (χ3n) is 8.45. The molecule has 2 aromatic rings.